The van der Waals surface area contributed by atoms with Crippen molar-refractivity contribution in [2.75, 3.05) is 0 Å². The number of fused-ring (bicyclic) bond motifs is 3. The average molecular weight is 534 g/mol. The lowest BCUT2D eigenvalue weighted by Gasteiger charge is -2.41. The fraction of sp³-hybridized carbons (Fsp3) is 0.355. The number of piperidine rings is 1. The molecule has 2 bridgehead atoms. The predicted molar refractivity (Wildman–Crippen MR) is 140 cm³/mol. The van der Waals surface area contributed by atoms with Crippen molar-refractivity contribution in [3.05, 3.63) is 106 Å². The molecule has 0 aliphatic carbocycles. The van der Waals surface area contributed by atoms with Gasteiger partial charge >= 0.3 is 0 Å². The number of rotatable bonds is 7. The van der Waals surface area contributed by atoms with Crippen molar-refractivity contribution in [1.82, 2.24) is 9.80 Å². The van der Waals surface area contributed by atoms with Gasteiger partial charge in [0, 0.05) is 30.7 Å². The molecule has 3 aliphatic rings. The van der Waals surface area contributed by atoms with Gasteiger partial charge in [-0.3, -0.25) is 19.4 Å². The monoisotopic (exact) mass is 533 g/mol. The van der Waals surface area contributed by atoms with Gasteiger partial charge in [0.25, 0.3) is 11.8 Å². The van der Waals surface area contributed by atoms with E-state index in [1.165, 1.54) is 4.90 Å². The maximum Gasteiger partial charge on any atom is 0.261 e. The molecule has 202 valence electrons. The smallest absolute Gasteiger partial charge is 0.261 e. The molecule has 3 heterocycles. The van der Waals surface area contributed by atoms with Gasteiger partial charge in [0.15, 0.2) is 11.6 Å². The molecule has 0 unspecified atom stereocenters. The highest BCUT2D eigenvalue weighted by molar-refractivity contribution is 6.21. The highest BCUT2D eigenvalue weighted by Gasteiger charge is 2.42. The molecule has 3 aliphatic heterocycles. The number of halogens is 3. The van der Waals surface area contributed by atoms with E-state index in [2.05, 4.69) is 17.0 Å². The van der Waals surface area contributed by atoms with Crippen LogP contribution in [0.2, 0.25) is 0 Å². The van der Waals surface area contributed by atoms with E-state index in [1.54, 1.807) is 24.3 Å². The van der Waals surface area contributed by atoms with Crippen LogP contribution in [0.25, 0.3) is 0 Å². The van der Waals surface area contributed by atoms with Crippen molar-refractivity contribution < 1.29 is 22.8 Å². The third kappa shape index (κ3) is 4.87. The fourth-order valence-corrected chi connectivity index (χ4v) is 6.67. The number of imide groups is 1. The summed E-state index contributed by atoms with van der Waals surface area (Å²) in [4.78, 5) is 29.4. The van der Waals surface area contributed by atoms with Gasteiger partial charge in [-0.15, -0.1) is 0 Å². The van der Waals surface area contributed by atoms with Crippen LogP contribution in [0.15, 0.2) is 60.7 Å². The van der Waals surface area contributed by atoms with Crippen LogP contribution < -0.4 is 5.73 Å². The summed E-state index contributed by atoms with van der Waals surface area (Å²) >= 11 is 0. The normalized spacial score (nSPS) is 23.4. The molecule has 3 aromatic carbocycles. The van der Waals surface area contributed by atoms with E-state index >= 15 is 0 Å². The lowest BCUT2D eigenvalue weighted by atomic mass is 9.82. The summed E-state index contributed by atoms with van der Waals surface area (Å²) in [7, 11) is 0. The van der Waals surface area contributed by atoms with E-state index < -0.39 is 17.5 Å². The van der Waals surface area contributed by atoms with Gasteiger partial charge in [0.1, 0.15) is 5.82 Å². The summed E-state index contributed by atoms with van der Waals surface area (Å²) in [6, 6.07) is 16.8. The molecule has 0 aromatic heterocycles. The Morgan fingerprint density at radius 3 is 2.00 bits per heavy atom. The SMILES string of the molecule is N[C@H](Cc1cc(F)c(F)cc1F)[C@H]1C[C@H]2CC[C@@H](C1)N2Cc1cccc(CN2C(=O)c3ccccc3C2=O)c1. The van der Waals surface area contributed by atoms with Gasteiger partial charge in [-0.1, -0.05) is 36.4 Å². The molecule has 2 amide bonds. The number of nitrogens with two attached hydrogens (primary N) is 1. The van der Waals surface area contributed by atoms with E-state index in [0.717, 1.165) is 49.4 Å². The molecule has 2 N–H and O–H groups in total. The first-order valence-corrected chi connectivity index (χ1v) is 13.5. The minimum atomic E-state index is -1.19. The van der Waals surface area contributed by atoms with Crippen LogP contribution >= 0.6 is 0 Å². The van der Waals surface area contributed by atoms with Gasteiger partial charge in [-0.2, -0.15) is 0 Å². The number of hydrogen-bond acceptors (Lipinski definition) is 4. The molecule has 0 spiro atoms. The zero-order chi connectivity index (χ0) is 27.3. The molecule has 3 aromatic rings. The van der Waals surface area contributed by atoms with Gasteiger partial charge < -0.3 is 5.73 Å². The third-order valence-corrected chi connectivity index (χ3v) is 8.65. The molecular weight excluding hydrogens is 503 g/mol. The molecule has 4 atom stereocenters. The van der Waals surface area contributed by atoms with Gasteiger partial charge in [0.05, 0.1) is 17.7 Å². The summed E-state index contributed by atoms with van der Waals surface area (Å²) in [5.41, 5.74) is 9.51. The van der Waals surface area contributed by atoms with Crippen molar-refractivity contribution in [3.63, 3.8) is 0 Å². The van der Waals surface area contributed by atoms with Crippen LogP contribution in [0.5, 0.6) is 0 Å². The number of hydrogen-bond donors (Lipinski definition) is 1. The van der Waals surface area contributed by atoms with Crippen molar-refractivity contribution in [3.8, 4) is 0 Å². The van der Waals surface area contributed by atoms with E-state index in [0.29, 0.717) is 29.3 Å². The first kappa shape index (κ1) is 25.8. The third-order valence-electron chi connectivity index (χ3n) is 8.65. The second-order valence-corrected chi connectivity index (χ2v) is 11.1. The van der Waals surface area contributed by atoms with E-state index in [1.807, 2.05) is 12.1 Å². The fourth-order valence-electron chi connectivity index (χ4n) is 6.67. The van der Waals surface area contributed by atoms with Gasteiger partial charge in [-0.05, 0) is 72.9 Å². The second kappa shape index (κ2) is 10.2. The number of benzene rings is 3. The minimum absolute atomic E-state index is 0.117. The van der Waals surface area contributed by atoms with E-state index in [9.17, 15) is 22.8 Å². The van der Waals surface area contributed by atoms with Crippen molar-refractivity contribution in [2.24, 2.45) is 11.7 Å². The molecule has 6 rings (SSSR count). The van der Waals surface area contributed by atoms with Crippen LogP contribution in [0.3, 0.4) is 0 Å². The maximum atomic E-state index is 14.2. The Kier molecular flexibility index (Phi) is 6.77. The standard InChI is InChI=1S/C31H30F3N3O2/c32-26-15-28(34)27(33)13-20(26)14-29(35)21-11-22-8-9-23(12-21)36(22)16-18-4-3-5-19(10-18)17-37-30(38)24-6-1-2-7-25(24)31(37)39/h1-7,10,13,15,21-23,29H,8-9,11-12,14,16-17,35H2/t21-,22+,23-,29-/m1/s1. The van der Waals surface area contributed by atoms with E-state index in [4.69, 9.17) is 5.73 Å². The topological polar surface area (TPSA) is 66.6 Å². The van der Waals surface area contributed by atoms with E-state index in [-0.39, 0.29) is 42.3 Å². The maximum absolute atomic E-state index is 14.2. The molecule has 2 fully saturated rings. The highest BCUT2D eigenvalue weighted by atomic mass is 19.2. The molecule has 0 radical (unpaired) electrons. The lowest BCUT2D eigenvalue weighted by Crippen LogP contribution is -2.47. The summed E-state index contributed by atoms with van der Waals surface area (Å²) in [6.45, 7) is 0.982. The summed E-state index contributed by atoms with van der Waals surface area (Å²) in [5.74, 6) is -3.36. The van der Waals surface area contributed by atoms with Crippen LogP contribution in [0.4, 0.5) is 13.2 Å². The first-order valence-electron chi connectivity index (χ1n) is 13.5. The largest absolute Gasteiger partial charge is 0.327 e. The minimum Gasteiger partial charge on any atom is -0.327 e. The van der Waals surface area contributed by atoms with Crippen LogP contribution in [-0.2, 0) is 19.5 Å². The molecule has 5 nitrogen and oxygen atoms in total. The first-order chi connectivity index (χ1) is 18.8. The molecule has 0 saturated carbocycles. The Hall–Kier alpha value is -3.49. The number of carbonyl (C=O) groups is 2. The molecule has 8 heteroatoms. The quantitative estimate of drug-likeness (QED) is 0.334. The zero-order valence-electron chi connectivity index (χ0n) is 21.5. The summed E-state index contributed by atoms with van der Waals surface area (Å²) in [5, 5.41) is 0. The van der Waals surface area contributed by atoms with Crippen LogP contribution in [0, 0.1) is 23.4 Å². The number of nitrogens with zero attached hydrogens (tertiary/aromatic N) is 2. The predicted octanol–water partition coefficient (Wildman–Crippen LogP) is 5.21. The lowest BCUT2D eigenvalue weighted by molar-refractivity contribution is 0.0642. The van der Waals surface area contributed by atoms with Gasteiger partial charge in [0.2, 0.25) is 0 Å². The Morgan fingerprint density at radius 2 is 1.36 bits per heavy atom. The Morgan fingerprint density at radius 1 is 0.769 bits per heavy atom. The summed E-state index contributed by atoms with van der Waals surface area (Å²) in [6.07, 6.45) is 4.03. The van der Waals surface area contributed by atoms with Crippen LogP contribution in [-0.4, -0.2) is 39.7 Å². The molecular formula is C31H30F3N3O2. The number of amides is 2. The summed E-state index contributed by atoms with van der Waals surface area (Å²) < 4.78 is 41.2. The highest BCUT2D eigenvalue weighted by Crippen LogP contribution is 2.41. The molecule has 39 heavy (non-hydrogen) atoms. The van der Waals surface area contributed by atoms with Crippen molar-refractivity contribution in [1.29, 1.82) is 0 Å². The Bertz CT molecular complexity index is 1400. The Labute approximate surface area is 225 Å². The molecule has 2 saturated heterocycles. The zero-order valence-corrected chi connectivity index (χ0v) is 21.5. The second-order valence-electron chi connectivity index (χ2n) is 11.1. The van der Waals surface area contributed by atoms with Crippen molar-refractivity contribution in [2.45, 2.75) is 63.3 Å². The average Bonchev–Trinajstić information content (AvgIpc) is 3.28. The van der Waals surface area contributed by atoms with Crippen LogP contribution in [0.1, 0.15) is 63.1 Å². The Balaban J connectivity index is 1.10. The number of carbonyl (C=O) groups excluding carboxylic acids is 2. The van der Waals surface area contributed by atoms with Gasteiger partial charge in [-0.25, -0.2) is 13.2 Å². The van der Waals surface area contributed by atoms with Crippen molar-refractivity contribution >= 4 is 11.8 Å².